The highest BCUT2D eigenvalue weighted by Crippen LogP contribution is 2.25. The maximum absolute atomic E-state index is 12.4. The Hall–Kier alpha value is -1.89. The van der Waals surface area contributed by atoms with Crippen molar-refractivity contribution in [1.29, 1.82) is 0 Å². The molecule has 0 unspecified atom stereocenters. The summed E-state index contributed by atoms with van der Waals surface area (Å²) in [6.07, 6.45) is 3.01. The zero-order valence-corrected chi connectivity index (χ0v) is 14.6. The van der Waals surface area contributed by atoms with Gasteiger partial charge in [0.15, 0.2) is 5.79 Å². The lowest BCUT2D eigenvalue weighted by atomic mass is 10.1. The minimum absolute atomic E-state index is 0.176. The van der Waals surface area contributed by atoms with Gasteiger partial charge in [-0.2, -0.15) is 0 Å². The van der Waals surface area contributed by atoms with Crippen LogP contribution in [0.5, 0.6) is 0 Å². The van der Waals surface area contributed by atoms with Gasteiger partial charge in [-0.25, -0.2) is 4.79 Å². The first-order valence-electron chi connectivity index (χ1n) is 8.60. The summed E-state index contributed by atoms with van der Waals surface area (Å²) in [6, 6.07) is 9.12. The lowest BCUT2D eigenvalue weighted by Gasteiger charge is -2.23. The van der Waals surface area contributed by atoms with E-state index in [1.54, 1.807) is 4.90 Å². The van der Waals surface area contributed by atoms with Crippen molar-refractivity contribution in [3.63, 3.8) is 0 Å². The van der Waals surface area contributed by atoms with Crippen LogP contribution in [0, 0.1) is 0 Å². The fourth-order valence-electron chi connectivity index (χ4n) is 3.09. The smallest absolute Gasteiger partial charge is 0.410 e. The van der Waals surface area contributed by atoms with Gasteiger partial charge in [0.05, 0.1) is 18.8 Å². The van der Waals surface area contributed by atoms with Crippen LogP contribution in [0.25, 0.3) is 0 Å². The van der Waals surface area contributed by atoms with Crippen LogP contribution >= 0.6 is 0 Å². The molecule has 0 aromatic heterocycles. The van der Waals surface area contributed by atoms with Gasteiger partial charge in [-0.1, -0.05) is 42.5 Å². The van der Waals surface area contributed by atoms with E-state index < -0.39 is 24.0 Å². The van der Waals surface area contributed by atoms with Crippen molar-refractivity contribution in [2.45, 2.75) is 50.9 Å². The number of nitrogens with zero attached hydrogens (tertiary/aromatic N) is 1. The molecule has 1 N–H and O–H groups in total. The van der Waals surface area contributed by atoms with Crippen molar-refractivity contribution < 1.29 is 24.1 Å². The molecule has 136 valence electrons. The zero-order chi connectivity index (χ0) is 17.9. The van der Waals surface area contributed by atoms with Crippen LogP contribution in [0.15, 0.2) is 42.5 Å². The Bertz CT molecular complexity index is 616. The summed E-state index contributed by atoms with van der Waals surface area (Å²) in [5.74, 6) is -0.600. The molecular formula is C19H25NO5. The first-order chi connectivity index (χ1) is 11.9. The molecule has 2 aliphatic rings. The quantitative estimate of drug-likeness (QED) is 0.848. The molecule has 2 aliphatic heterocycles. The van der Waals surface area contributed by atoms with E-state index in [-0.39, 0.29) is 12.7 Å². The van der Waals surface area contributed by atoms with Crippen LogP contribution in [0.4, 0.5) is 4.79 Å². The first-order valence-corrected chi connectivity index (χ1v) is 8.60. The number of rotatable bonds is 4. The van der Waals surface area contributed by atoms with Gasteiger partial charge in [0.25, 0.3) is 0 Å². The second-order valence-corrected chi connectivity index (χ2v) is 6.83. The zero-order valence-electron chi connectivity index (χ0n) is 14.6. The molecule has 1 amide bonds. The van der Waals surface area contributed by atoms with Crippen molar-refractivity contribution in [1.82, 2.24) is 4.90 Å². The Morgan fingerprint density at radius 1 is 1.36 bits per heavy atom. The fraction of sp³-hybridized carbons (Fsp3) is 0.526. The summed E-state index contributed by atoms with van der Waals surface area (Å²) < 4.78 is 16.6. The van der Waals surface area contributed by atoms with E-state index in [2.05, 4.69) is 0 Å². The number of aliphatic hydroxyl groups excluding tert-OH is 1. The Labute approximate surface area is 148 Å². The molecule has 1 aromatic carbocycles. The molecule has 3 atom stereocenters. The van der Waals surface area contributed by atoms with Gasteiger partial charge < -0.3 is 19.3 Å². The predicted molar refractivity (Wildman–Crippen MR) is 91.8 cm³/mol. The average molecular weight is 347 g/mol. The van der Waals surface area contributed by atoms with Crippen LogP contribution in [0.1, 0.15) is 25.8 Å². The molecular weight excluding hydrogens is 322 g/mol. The maximum atomic E-state index is 12.4. The Morgan fingerprint density at radius 2 is 2.12 bits per heavy atom. The summed E-state index contributed by atoms with van der Waals surface area (Å²) in [4.78, 5) is 13.9. The van der Waals surface area contributed by atoms with Crippen molar-refractivity contribution >= 4 is 6.09 Å². The molecule has 6 nitrogen and oxygen atoms in total. The predicted octanol–water partition coefficient (Wildman–Crippen LogP) is 2.47. The third-order valence-electron chi connectivity index (χ3n) is 4.41. The highest BCUT2D eigenvalue weighted by molar-refractivity contribution is 5.69. The number of likely N-dealkylation sites (tertiary alicyclic amines) is 1. The normalized spacial score (nSPS) is 28.6. The van der Waals surface area contributed by atoms with E-state index >= 15 is 0 Å². The van der Waals surface area contributed by atoms with E-state index in [1.165, 1.54) is 0 Å². The molecule has 0 spiro atoms. The minimum Gasteiger partial charge on any atom is -0.445 e. The highest BCUT2D eigenvalue weighted by Gasteiger charge is 2.36. The van der Waals surface area contributed by atoms with Crippen LogP contribution < -0.4 is 0 Å². The molecule has 0 saturated carbocycles. The fourth-order valence-corrected chi connectivity index (χ4v) is 3.09. The molecule has 25 heavy (non-hydrogen) atoms. The molecule has 6 heteroatoms. The summed E-state index contributed by atoms with van der Waals surface area (Å²) in [5, 5.41) is 10.2. The summed E-state index contributed by atoms with van der Waals surface area (Å²) in [7, 11) is 0. The number of ether oxygens (including phenoxy) is 3. The topological polar surface area (TPSA) is 68.2 Å². The molecule has 2 heterocycles. The monoisotopic (exact) mass is 347 g/mol. The molecule has 0 bridgehead atoms. The summed E-state index contributed by atoms with van der Waals surface area (Å²) in [6.45, 7) is 4.87. The first kappa shape index (κ1) is 17.9. The summed E-state index contributed by atoms with van der Waals surface area (Å²) in [5.41, 5.74) is 0.932. The molecule has 3 rings (SSSR count). The van der Waals surface area contributed by atoms with Gasteiger partial charge in [0.2, 0.25) is 0 Å². The van der Waals surface area contributed by atoms with Crippen molar-refractivity contribution in [2.75, 3.05) is 13.2 Å². The van der Waals surface area contributed by atoms with Gasteiger partial charge >= 0.3 is 6.09 Å². The van der Waals surface area contributed by atoms with E-state index in [0.717, 1.165) is 5.56 Å². The second-order valence-electron chi connectivity index (χ2n) is 6.83. The van der Waals surface area contributed by atoms with Crippen LogP contribution in [0.3, 0.4) is 0 Å². The van der Waals surface area contributed by atoms with E-state index in [0.29, 0.717) is 19.6 Å². The third kappa shape index (κ3) is 4.60. The van der Waals surface area contributed by atoms with Crippen molar-refractivity contribution in [2.24, 2.45) is 0 Å². The largest absolute Gasteiger partial charge is 0.445 e. The number of carbonyl (C=O) groups excluding carboxylic acids is 1. The number of amides is 1. The van der Waals surface area contributed by atoms with Crippen LogP contribution in [-0.4, -0.2) is 53.3 Å². The number of benzene rings is 1. The van der Waals surface area contributed by atoms with Crippen molar-refractivity contribution in [3.05, 3.63) is 48.0 Å². The van der Waals surface area contributed by atoms with E-state index in [9.17, 15) is 9.90 Å². The number of hydrogen-bond acceptors (Lipinski definition) is 5. The maximum Gasteiger partial charge on any atom is 0.410 e. The Balaban J connectivity index is 1.57. The molecule has 2 fully saturated rings. The van der Waals surface area contributed by atoms with Crippen LogP contribution in [-0.2, 0) is 20.8 Å². The highest BCUT2D eigenvalue weighted by atomic mass is 16.7. The van der Waals surface area contributed by atoms with Gasteiger partial charge in [0, 0.05) is 6.54 Å². The lowest BCUT2D eigenvalue weighted by Crippen LogP contribution is -2.38. The second kappa shape index (κ2) is 7.56. The number of hydrogen-bond donors (Lipinski definition) is 1. The molecule has 1 aromatic rings. The lowest BCUT2D eigenvalue weighted by molar-refractivity contribution is -0.133. The van der Waals surface area contributed by atoms with Gasteiger partial charge in [-0.15, -0.1) is 0 Å². The van der Waals surface area contributed by atoms with Crippen LogP contribution in [0.2, 0.25) is 0 Å². The number of aliphatic hydroxyl groups is 1. The molecule has 2 saturated heterocycles. The van der Waals surface area contributed by atoms with Gasteiger partial charge in [-0.3, -0.25) is 4.90 Å². The van der Waals surface area contributed by atoms with Gasteiger partial charge in [0.1, 0.15) is 12.7 Å². The SMILES string of the molecule is CC1(C)OC[C@H](/C=C/[C@H]2[C@@H](O)CCN2C(=O)OCc2ccccc2)O1. The molecule has 0 radical (unpaired) electrons. The van der Waals surface area contributed by atoms with E-state index in [1.807, 2.05) is 56.3 Å². The van der Waals surface area contributed by atoms with Gasteiger partial charge in [-0.05, 0) is 25.8 Å². The third-order valence-corrected chi connectivity index (χ3v) is 4.41. The Kier molecular flexibility index (Phi) is 5.42. The number of carbonyl (C=O) groups is 1. The Morgan fingerprint density at radius 3 is 2.80 bits per heavy atom. The van der Waals surface area contributed by atoms with E-state index in [4.69, 9.17) is 14.2 Å². The summed E-state index contributed by atoms with van der Waals surface area (Å²) >= 11 is 0. The minimum atomic E-state index is -0.601. The van der Waals surface area contributed by atoms with Crippen molar-refractivity contribution in [3.8, 4) is 0 Å². The molecule has 0 aliphatic carbocycles. The average Bonchev–Trinajstić information content (AvgIpc) is 3.13. The standard InChI is InChI=1S/C19H25NO5/c1-19(2)24-13-15(25-19)8-9-16-17(21)10-11-20(16)18(22)23-12-14-6-4-3-5-7-14/h3-9,15-17,21H,10-13H2,1-2H3/b9-8+/t15-,16-,17-/m0/s1.